The van der Waals surface area contributed by atoms with Gasteiger partial charge in [0.25, 0.3) is 0 Å². The van der Waals surface area contributed by atoms with Crippen LogP contribution in [0.2, 0.25) is 0 Å². The van der Waals surface area contributed by atoms with Crippen LogP contribution in [0.25, 0.3) is 0 Å². The van der Waals surface area contributed by atoms with Gasteiger partial charge in [-0.05, 0) is 30.9 Å². The normalized spacial score (nSPS) is 13.6. The summed E-state index contributed by atoms with van der Waals surface area (Å²) in [7, 11) is 6.65. The summed E-state index contributed by atoms with van der Waals surface area (Å²) in [5, 5.41) is 0. The van der Waals surface area contributed by atoms with Gasteiger partial charge in [0.15, 0.2) is 5.78 Å². The number of carbonyl (C=O) groups is 1. The minimum atomic E-state index is -0.607. The molecule has 2 aromatic carbocycles. The summed E-state index contributed by atoms with van der Waals surface area (Å²) in [5.41, 5.74) is 1.63. The van der Waals surface area contributed by atoms with Crippen LogP contribution >= 0.6 is 0 Å². The molecule has 2 rings (SSSR count). The van der Waals surface area contributed by atoms with Crippen molar-refractivity contribution in [3.63, 3.8) is 0 Å². The Labute approximate surface area is 165 Å². The molecule has 0 saturated heterocycles. The molecule has 0 spiro atoms. The Morgan fingerprint density at radius 1 is 0.852 bits per heavy atom. The second-order valence-electron chi connectivity index (χ2n) is 8.68. The van der Waals surface area contributed by atoms with E-state index in [0.29, 0.717) is 11.8 Å². The number of rotatable bonds is 9. The summed E-state index contributed by atoms with van der Waals surface area (Å²) in [4.78, 5) is 14.1. The first kappa shape index (κ1) is 21.4. The Bertz CT molecular complexity index is 671. The molecule has 0 radical (unpaired) electrons. The highest BCUT2D eigenvalue weighted by molar-refractivity contribution is 5.95. The Hall–Kier alpha value is -1.93. The maximum atomic E-state index is 14.1. The van der Waals surface area contributed by atoms with Gasteiger partial charge in [-0.2, -0.15) is 0 Å². The standard InChI is InChI=1S/C25H36NO/c1-7-21(8-2)24(27)25(19-20(3)26(4,5)6,22-15-11-9-12-16-22)23-17-13-10-14-18-23/h9-18,20-21H,7-8,19H2,1-6H3/q+1/t20-/m0/s1. The third-order valence-electron chi connectivity index (χ3n) is 6.23. The summed E-state index contributed by atoms with van der Waals surface area (Å²) < 4.78 is 0.831. The van der Waals surface area contributed by atoms with Crippen molar-refractivity contribution in [1.29, 1.82) is 0 Å². The largest absolute Gasteiger partial charge is 0.329 e. The zero-order chi connectivity index (χ0) is 20.1. The zero-order valence-electron chi connectivity index (χ0n) is 17.9. The third-order valence-corrected chi connectivity index (χ3v) is 6.23. The number of hydrogen-bond donors (Lipinski definition) is 0. The molecular weight excluding hydrogens is 330 g/mol. The van der Waals surface area contributed by atoms with Crippen molar-refractivity contribution < 1.29 is 9.28 Å². The van der Waals surface area contributed by atoms with Crippen LogP contribution in [0.4, 0.5) is 0 Å². The molecule has 0 aliphatic carbocycles. The van der Waals surface area contributed by atoms with Gasteiger partial charge < -0.3 is 4.48 Å². The van der Waals surface area contributed by atoms with Gasteiger partial charge in [-0.1, -0.05) is 74.5 Å². The second-order valence-corrected chi connectivity index (χ2v) is 8.68. The van der Waals surface area contributed by atoms with Crippen LogP contribution in [0.1, 0.15) is 51.2 Å². The number of carbonyl (C=O) groups excluding carboxylic acids is 1. The number of nitrogens with zero attached hydrogens (tertiary/aromatic N) is 1. The highest BCUT2D eigenvalue weighted by Gasteiger charge is 2.46. The summed E-state index contributed by atoms with van der Waals surface area (Å²) >= 11 is 0. The van der Waals surface area contributed by atoms with Crippen molar-refractivity contribution in [3.05, 3.63) is 71.8 Å². The minimum Gasteiger partial charge on any atom is -0.329 e. The molecule has 0 N–H and O–H groups in total. The number of Topliss-reactive ketones (excluding diaryl/α,β-unsaturated/α-hetero) is 1. The Morgan fingerprint density at radius 2 is 1.26 bits per heavy atom. The van der Waals surface area contributed by atoms with E-state index in [0.717, 1.165) is 34.9 Å². The first-order chi connectivity index (χ1) is 12.8. The molecule has 0 heterocycles. The van der Waals surface area contributed by atoms with E-state index in [9.17, 15) is 4.79 Å². The maximum absolute atomic E-state index is 14.1. The predicted octanol–water partition coefficient (Wildman–Crippen LogP) is 5.46. The van der Waals surface area contributed by atoms with E-state index in [1.807, 2.05) is 12.1 Å². The molecule has 0 amide bonds. The monoisotopic (exact) mass is 366 g/mol. The van der Waals surface area contributed by atoms with Gasteiger partial charge in [-0.3, -0.25) is 4.79 Å². The summed E-state index contributed by atoms with van der Waals surface area (Å²) in [6.45, 7) is 6.53. The number of ketones is 1. The Kier molecular flexibility index (Phi) is 7.00. The van der Waals surface area contributed by atoms with E-state index < -0.39 is 5.41 Å². The molecular formula is C25H36NO+. The SMILES string of the molecule is CCC(CC)C(=O)C(C[C@H](C)[N+](C)(C)C)(c1ccccc1)c1ccccc1. The first-order valence-corrected chi connectivity index (χ1v) is 10.2. The van der Waals surface area contributed by atoms with Crippen LogP contribution in [0, 0.1) is 5.92 Å². The van der Waals surface area contributed by atoms with Crippen molar-refractivity contribution in [1.82, 2.24) is 0 Å². The third kappa shape index (κ3) is 4.50. The minimum absolute atomic E-state index is 0.0741. The molecule has 0 unspecified atom stereocenters. The lowest BCUT2D eigenvalue weighted by Gasteiger charge is -2.42. The van der Waals surface area contributed by atoms with E-state index in [4.69, 9.17) is 0 Å². The second kappa shape index (κ2) is 8.84. The van der Waals surface area contributed by atoms with Gasteiger partial charge in [-0.25, -0.2) is 0 Å². The molecule has 0 aliphatic rings. The molecule has 0 aliphatic heterocycles. The van der Waals surface area contributed by atoms with Crippen LogP contribution in [-0.4, -0.2) is 37.5 Å². The summed E-state index contributed by atoms with van der Waals surface area (Å²) in [6.07, 6.45) is 2.57. The van der Waals surface area contributed by atoms with Crippen LogP contribution in [-0.2, 0) is 10.2 Å². The van der Waals surface area contributed by atoms with Crippen molar-refractivity contribution in [3.8, 4) is 0 Å². The van der Waals surface area contributed by atoms with E-state index in [-0.39, 0.29) is 5.92 Å². The summed E-state index contributed by atoms with van der Waals surface area (Å²) in [5.74, 6) is 0.440. The molecule has 1 atom stereocenters. The molecule has 2 nitrogen and oxygen atoms in total. The van der Waals surface area contributed by atoms with Crippen molar-refractivity contribution in [2.45, 2.75) is 51.5 Å². The maximum Gasteiger partial charge on any atom is 0.151 e. The smallest absolute Gasteiger partial charge is 0.151 e. The Balaban J connectivity index is 2.75. The van der Waals surface area contributed by atoms with Crippen LogP contribution in [0.5, 0.6) is 0 Å². The number of benzene rings is 2. The van der Waals surface area contributed by atoms with Gasteiger partial charge >= 0.3 is 0 Å². The van der Waals surface area contributed by atoms with Gasteiger partial charge in [-0.15, -0.1) is 0 Å². The topological polar surface area (TPSA) is 17.1 Å². The Morgan fingerprint density at radius 3 is 1.59 bits per heavy atom. The van der Waals surface area contributed by atoms with Gasteiger partial charge in [0.1, 0.15) is 0 Å². The number of quaternary nitrogens is 1. The van der Waals surface area contributed by atoms with Crippen LogP contribution < -0.4 is 0 Å². The fourth-order valence-corrected chi connectivity index (χ4v) is 3.96. The zero-order valence-corrected chi connectivity index (χ0v) is 17.9. The molecule has 0 saturated carbocycles. The molecule has 0 aromatic heterocycles. The van der Waals surface area contributed by atoms with E-state index >= 15 is 0 Å². The molecule has 2 aromatic rings. The quantitative estimate of drug-likeness (QED) is 0.538. The molecule has 0 bridgehead atoms. The number of hydrogen-bond acceptors (Lipinski definition) is 1. The van der Waals surface area contributed by atoms with E-state index in [1.54, 1.807) is 0 Å². The molecule has 146 valence electrons. The van der Waals surface area contributed by atoms with Gasteiger partial charge in [0.2, 0.25) is 0 Å². The van der Waals surface area contributed by atoms with Crippen LogP contribution in [0.15, 0.2) is 60.7 Å². The predicted molar refractivity (Wildman–Crippen MR) is 115 cm³/mol. The lowest BCUT2D eigenvalue weighted by Crippen LogP contribution is -2.51. The molecule has 2 heteroatoms. The van der Waals surface area contributed by atoms with Crippen molar-refractivity contribution in [2.24, 2.45) is 5.92 Å². The van der Waals surface area contributed by atoms with Gasteiger partial charge in [0.05, 0.1) is 32.6 Å². The lowest BCUT2D eigenvalue weighted by molar-refractivity contribution is -0.894. The first-order valence-electron chi connectivity index (χ1n) is 10.2. The fraction of sp³-hybridized carbons (Fsp3) is 0.480. The van der Waals surface area contributed by atoms with E-state index in [2.05, 4.69) is 90.4 Å². The molecule has 27 heavy (non-hydrogen) atoms. The van der Waals surface area contributed by atoms with Crippen molar-refractivity contribution in [2.75, 3.05) is 21.1 Å². The molecule has 0 fully saturated rings. The highest BCUT2D eigenvalue weighted by Crippen LogP contribution is 2.42. The average Bonchev–Trinajstić information content (AvgIpc) is 2.67. The summed E-state index contributed by atoms with van der Waals surface area (Å²) in [6, 6.07) is 21.2. The fourth-order valence-electron chi connectivity index (χ4n) is 3.96. The average molecular weight is 367 g/mol. The highest BCUT2D eigenvalue weighted by atomic mass is 16.1. The lowest BCUT2D eigenvalue weighted by atomic mass is 9.64. The van der Waals surface area contributed by atoms with Gasteiger partial charge in [0, 0.05) is 12.3 Å². The van der Waals surface area contributed by atoms with Crippen molar-refractivity contribution >= 4 is 5.78 Å². The van der Waals surface area contributed by atoms with E-state index in [1.165, 1.54) is 0 Å². The van der Waals surface area contributed by atoms with Crippen LogP contribution in [0.3, 0.4) is 0 Å².